The standard InChI is InChI=1S/C13H26N2O2/c1-10-3-6-13(9-14,7-4-10)12(17)15-11(2)5-8-16/h10-11,16H,3-9,14H2,1-2H3,(H,15,17). The first kappa shape index (κ1) is 14.5. The molecule has 1 aliphatic carbocycles. The van der Waals surface area contributed by atoms with Gasteiger partial charge >= 0.3 is 0 Å². The van der Waals surface area contributed by atoms with E-state index >= 15 is 0 Å². The molecule has 0 aromatic rings. The van der Waals surface area contributed by atoms with Gasteiger partial charge in [-0.1, -0.05) is 6.92 Å². The molecule has 1 aliphatic rings. The predicted molar refractivity (Wildman–Crippen MR) is 68.4 cm³/mol. The average molecular weight is 242 g/mol. The fourth-order valence-corrected chi connectivity index (χ4v) is 2.48. The minimum Gasteiger partial charge on any atom is -0.396 e. The van der Waals surface area contributed by atoms with Gasteiger partial charge in [0.05, 0.1) is 5.41 Å². The first-order chi connectivity index (χ1) is 8.04. The number of carbonyl (C=O) groups is 1. The first-order valence-corrected chi connectivity index (χ1v) is 6.66. The fourth-order valence-electron chi connectivity index (χ4n) is 2.48. The quantitative estimate of drug-likeness (QED) is 0.674. The molecular formula is C13H26N2O2. The van der Waals surface area contributed by atoms with Crippen molar-refractivity contribution in [2.45, 2.75) is 52.0 Å². The topological polar surface area (TPSA) is 75.4 Å². The van der Waals surface area contributed by atoms with Gasteiger partial charge in [0, 0.05) is 19.2 Å². The molecule has 0 saturated heterocycles. The Balaban J connectivity index is 2.57. The van der Waals surface area contributed by atoms with E-state index in [9.17, 15) is 4.79 Å². The molecule has 1 atom stereocenters. The zero-order chi connectivity index (χ0) is 12.9. The van der Waals surface area contributed by atoms with Crippen molar-refractivity contribution in [3.63, 3.8) is 0 Å². The second-order valence-corrected chi connectivity index (χ2v) is 5.55. The summed E-state index contributed by atoms with van der Waals surface area (Å²) in [6, 6.07) is 0.0234. The predicted octanol–water partition coefficient (Wildman–Crippen LogP) is 1.03. The van der Waals surface area contributed by atoms with E-state index in [0.29, 0.717) is 18.9 Å². The van der Waals surface area contributed by atoms with Gasteiger partial charge in [0.15, 0.2) is 0 Å². The summed E-state index contributed by atoms with van der Waals surface area (Å²) in [6.45, 7) is 4.68. The summed E-state index contributed by atoms with van der Waals surface area (Å²) in [6.07, 6.45) is 4.55. The molecule has 17 heavy (non-hydrogen) atoms. The lowest BCUT2D eigenvalue weighted by molar-refractivity contribution is -0.133. The van der Waals surface area contributed by atoms with Crippen LogP contribution in [0.15, 0.2) is 0 Å². The number of nitrogens with one attached hydrogen (secondary N) is 1. The van der Waals surface area contributed by atoms with Crippen molar-refractivity contribution >= 4 is 5.91 Å². The minimum atomic E-state index is -0.365. The van der Waals surface area contributed by atoms with E-state index in [0.717, 1.165) is 25.7 Å². The summed E-state index contributed by atoms with van der Waals surface area (Å²) in [4.78, 5) is 12.3. The minimum absolute atomic E-state index is 0.0234. The van der Waals surface area contributed by atoms with Crippen molar-refractivity contribution in [2.75, 3.05) is 13.2 Å². The van der Waals surface area contributed by atoms with E-state index in [4.69, 9.17) is 10.8 Å². The van der Waals surface area contributed by atoms with Gasteiger partial charge in [-0.3, -0.25) is 4.79 Å². The Bertz CT molecular complexity index is 248. The zero-order valence-electron chi connectivity index (χ0n) is 11.0. The van der Waals surface area contributed by atoms with Crippen LogP contribution in [0.2, 0.25) is 0 Å². The molecule has 4 nitrogen and oxygen atoms in total. The van der Waals surface area contributed by atoms with Crippen molar-refractivity contribution in [3.8, 4) is 0 Å². The van der Waals surface area contributed by atoms with Crippen LogP contribution < -0.4 is 11.1 Å². The van der Waals surface area contributed by atoms with Gasteiger partial charge in [-0.2, -0.15) is 0 Å². The van der Waals surface area contributed by atoms with Gasteiger partial charge in [0.2, 0.25) is 5.91 Å². The first-order valence-electron chi connectivity index (χ1n) is 6.66. The summed E-state index contributed by atoms with van der Waals surface area (Å²) < 4.78 is 0. The van der Waals surface area contributed by atoms with Crippen LogP contribution in [0, 0.1) is 11.3 Å². The molecule has 4 N–H and O–H groups in total. The lowest BCUT2D eigenvalue weighted by Crippen LogP contribution is -2.50. The van der Waals surface area contributed by atoms with Gasteiger partial charge in [-0.25, -0.2) is 0 Å². The molecule has 0 spiro atoms. The maximum absolute atomic E-state index is 12.3. The van der Waals surface area contributed by atoms with Crippen molar-refractivity contribution in [2.24, 2.45) is 17.1 Å². The number of carbonyl (C=O) groups excluding carboxylic acids is 1. The summed E-state index contributed by atoms with van der Waals surface area (Å²) >= 11 is 0. The average Bonchev–Trinajstić information content (AvgIpc) is 2.30. The Hall–Kier alpha value is -0.610. The van der Waals surface area contributed by atoms with Gasteiger partial charge in [0.1, 0.15) is 0 Å². The van der Waals surface area contributed by atoms with E-state index in [-0.39, 0.29) is 24.0 Å². The third-order valence-electron chi connectivity index (χ3n) is 4.04. The third kappa shape index (κ3) is 3.68. The smallest absolute Gasteiger partial charge is 0.227 e. The highest BCUT2D eigenvalue weighted by Crippen LogP contribution is 2.38. The van der Waals surface area contributed by atoms with E-state index in [1.54, 1.807) is 0 Å². The molecule has 0 aromatic carbocycles. The SMILES string of the molecule is CC1CCC(CN)(C(=O)NC(C)CCO)CC1. The van der Waals surface area contributed by atoms with Crippen LogP contribution in [0.25, 0.3) is 0 Å². The molecule has 0 radical (unpaired) electrons. The van der Waals surface area contributed by atoms with E-state index < -0.39 is 0 Å². The summed E-state index contributed by atoms with van der Waals surface area (Å²) in [5.74, 6) is 0.783. The van der Waals surface area contributed by atoms with Crippen LogP contribution in [0.1, 0.15) is 46.0 Å². The Morgan fingerprint density at radius 3 is 2.59 bits per heavy atom. The Morgan fingerprint density at radius 2 is 2.12 bits per heavy atom. The number of hydrogen-bond acceptors (Lipinski definition) is 3. The molecule has 1 fully saturated rings. The Morgan fingerprint density at radius 1 is 1.53 bits per heavy atom. The monoisotopic (exact) mass is 242 g/mol. The van der Waals surface area contributed by atoms with Crippen LogP contribution in [0.3, 0.4) is 0 Å². The molecule has 1 unspecified atom stereocenters. The van der Waals surface area contributed by atoms with Crippen LogP contribution >= 0.6 is 0 Å². The molecule has 1 saturated carbocycles. The largest absolute Gasteiger partial charge is 0.396 e. The fraction of sp³-hybridized carbons (Fsp3) is 0.923. The van der Waals surface area contributed by atoms with E-state index in [1.807, 2.05) is 6.92 Å². The maximum atomic E-state index is 12.3. The molecular weight excluding hydrogens is 216 g/mol. The molecule has 0 aromatic heterocycles. The maximum Gasteiger partial charge on any atom is 0.227 e. The number of hydrogen-bond donors (Lipinski definition) is 3. The van der Waals surface area contributed by atoms with Gasteiger partial charge in [-0.05, 0) is 44.9 Å². The number of aliphatic hydroxyl groups excluding tert-OH is 1. The number of nitrogens with two attached hydrogens (primary N) is 1. The van der Waals surface area contributed by atoms with Gasteiger partial charge in [0.25, 0.3) is 0 Å². The molecule has 0 aliphatic heterocycles. The molecule has 0 bridgehead atoms. The summed E-state index contributed by atoms with van der Waals surface area (Å²) in [5, 5.41) is 11.8. The van der Waals surface area contributed by atoms with E-state index in [1.165, 1.54) is 0 Å². The third-order valence-corrected chi connectivity index (χ3v) is 4.04. The molecule has 0 heterocycles. The van der Waals surface area contributed by atoms with Crippen molar-refractivity contribution in [1.29, 1.82) is 0 Å². The normalized spacial score (nSPS) is 30.9. The van der Waals surface area contributed by atoms with Gasteiger partial charge < -0.3 is 16.2 Å². The molecule has 1 amide bonds. The second kappa shape index (κ2) is 6.36. The molecule has 100 valence electrons. The highest BCUT2D eigenvalue weighted by molar-refractivity contribution is 5.83. The Labute approximate surface area is 104 Å². The van der Waals surface area contributed by atoms with Crippen molar-refractivity contribution in [1.82, 2.24) is 5.32 Å². The van der Waals surface area contributed by atoms with Crippen LogP contribution in [0.4, 0.5) is 0 Å². The number of amides is 1. The van der Waals surface area contributed by atoms with Crippen molar-refractivity contribution < 1.29 is 9.90 Å². The highest BCUT2D eigenvalue weighted by Gasteiger charge is 2.39. The Kier molecular flexibility index (Phi) is 5.40. The molecule has 4 heteroatoms. The zero-order valence-corrected chi connectivity index (χ0v) is 11.0. The number of rotatable bonds is 5. The van der Waals surface area contributed by atoms with Gasteiger partial charge in [-0.15, -0.1) is 0 Å². The lowest BCUT2D eigenvalue weighted by atomic mass is 9.70. The highest BCUT2D eigenvalue weighted by atomic mass is 16.3. The second-order valence-electron chi connectivity index (χ2n) is 5.55. The summed E-state index contributed by atoms with van der Waals surface area (Å²) in [5.41, 5.74) is 5.46. The number of aliphatic hydroxyl groups is 1. The van der Waals surface area contributed by atoms with Crippen LogP contribution in [-0.4, -0.2) is 30.2 Å². The summed E-state index contributed by atoms with van der Waals surface area (Å²) in [7, 11) is 0. The van der Waals surface area contributed by atoms with Crippen LogP contribution in [-0.2, 0) is 4.79 Å². The van der Waals surface area contributed by atoms with Crippen molar-refractivity contribution in [3.05, 3.63) is 0 Å². The lowest BCUT2D eigenvalue weighted by Gasteiger charge is -2.37. The van der Waals surface area contributed by atoms with Crippen LogP contribution in [0.5, 0.6) is 0 Å². The molecule has 1 rings (SSSR count). The van der Waals surface area contributed by atoms with E-state index in [2.05, 4.69) is 12.2 Å².